The van der Waals surface area contributed by atoms with Gasteiger partial charge in [0, 0.05) is 6.54 Å². The molecular weight excluding hydrogens is 282 g/mol. The standard InChI is InChI=1S/C17H19NO2S/c1-14-9-11-16(12-10-14)21(19,20)18-13-5-8-17(18)15-6-3-2-4-7-15/h2-4,6-7,9-12,17H,5,8,13H2,1H3. The number of nitrogens with zero attached hydrogens (tertiary/aromatic N) is 1. The van der Waals surface area contributed by atoms with Gasteiger partial charge >= 0.3 is 0 Å². The highest BCUT2D eigenvalue weighted by atomic mass is 32.2. The minimum Gasteiger partial charge on any atom is -0.207 e. The molecule has 2 aromatic rings. The highest BCUT2D eigenvalue weighted by Crippen LogP contribution is 2.36. The molecule has 0 amide bonds. The summed E-state index contributed by atoms with van der Waals surface area (Å²) in [6, 6.07) is 16.9. The molecule has 0 aliphatic carbocycles. The molecule has 0 spiro atoms. The number of aryl methyl sites for hydroxylation is 1. The Morgan fingerprint density at radius 3 is 2.33 bits per heavy atom. The van der Waals surface area contributed by atoms with Crippen LogP contribution in [0.15, 0.2) is 59.5 Å². The lowest BCUT2D eigenvalue weighted by Gasteiger charge is -2.24. The summed E-state index contributed by atoms with van der Waals surface area (Å²) in [5.41, 5.74) is 2.14. The Kier molecular flexibility index (Phi) is 3.83. The van der Waals surface area contributed by atoms with Crippen molar-refractivity contribution in [1.82, 2.24) is 4.31 Å². The fourth-order valence-electron chi connectivity index (χ4n) is 2.88. The van der Waals surface area contributed by atoms with Gasteiger partial charge in [0.1, 0.15) is 0 Å². The highest BCUT2D eigenvalue weighted by molar-refractivity contribution is 7.89. The summed E-state index contributed by atoms with van der Waals surface area (Å²) < 4.78 is 27.4. The Morgan fingerprint density at radius 2 is 1.67 bits per heavy atom. The van der Waals surface area contributed by atoms with Crippen LogP contribution in [-0.2, 0) is 10.0 Å². The van der Waals surface area contributed by atoms with Gasteiger partial charge in [0.05, 0.1) is 10.9 Å². The lowest BCUT2D eigenvalue weighted by molar-refractivity contribution is 0.396. The molecule has 110 valence electrons. The monoisotopic (exact) mass is 301 g/mol. The summed E-state index contributed by atoms with van der Waals surface area (Å²) in [4.78, 5) is 0.385. The van der Waals surface area contributed by atoms with Crippen LogP contribution in [0.4, 0.5) is 0 Å². The molecule has 0 bridgehead atoms. The number of hydrogen-bond donors (Lipinski definition) is 0. The molecule has 0 aromatic heterocycles. The number of sulfonamides is 1. The van der Waals surface area contributed by atoms with Crippen molar-refractivity contribution in [3.05, 3.63) is 65.7 Å². The third-order valence-electron chi connectivity index (χ3n) is 4.02. The quantitative estimate of drug-likeness (QED) is 0.870. The van der Waals surface area contributed by atoms with Crippen molar-refractivity contribution in [2.24, 2.45) is 0 Å². The molecule has 1 unspecified atom stereocenters. The molecule has 0 N–H and O–H groups in total. The molecule has 1 fully saturated rings. The lowest BCUT2D eigenvalue weighted by Crippen LogP contribution is -2.30. The summed E-state index contributed by atoms with van der Waals surface area (Å²) in [5, 5.41) is 0. The van der Waals surface area contributed by atoms with E-state index in [-0.39, 0.29) is 6.04 Å². The molecule has 0 radical (unpaired) electrons. The second kappa shape index (κ2) is 5.62. The van der Waals surface area contributed by atoms with Crippen LogP contribution in [0.25, 0.3) is 0 Å². The zero-order valence-corrected chi connectivity index (χ0v) is 12.9. The van der Waals surface area contributed by atoms with Crippen molar-refractivity contribution in [2.75, 3.05) is 6.54 Å². The first-order valence-corrected chi connectivity index (χ1v) is 8.66. The molecule has 3 rings (SSSR count). The van der Waals surface area contributed by atoms with E-state index in [0.29, 0.717) is 11.4 Å². The van der Waals surface area contributed by atoms with Crippen molar-refractivity contribution in [3.63, 3.8) is 0 Å². The molecule has 2 aromatic carbocycles. The largest absolute Gasteiger partial charge is 0.243 e. The predicted molar refractivity (Wildman–Crippen MR) is 83.5 cm³/mol. The Morgan fingerprint density at radius 1 is 1.00 bits per heavy atom. The minimum absolute atomic E-state index is 0.0440. The van der Waals surface area contributed by atoms with E-state index in [1.807, 2.05) is 49.4 Å². The minimum atomic E-state index is -3.42. The third kappa shape index (κ3) is 2.74. The molecule has 4 heteroatoms. The summed E-state index contributed by atoms with van der Waals surface area (Å²) in [7, 11) is -3.42. The van der Waals surface area contributed by atoms with E-state index in [9.17, 15) is 8.42 Å². The zero-order valence-electron chi connectivity index (χ0n) is 12.1. The van der Waals surface area contributed by atoms with Crippen molar-refractivity contribution >= 4 is 10.0 Å². The van der Waals surface area contributed by atoms with Crippen molar-refractivity contribution in [2.45, 2.75) is 30.7 Å². The van der Waals surface area contributed by atoms with Crippen molar-refractivity contribution in [3.8, 4) is 0 Å². The maximum atomic E-state index is 12.9. The first-order chi connectivity index (χ1) is 10.1. The predicted octanol–water partition coefficient (Wildman–Crippen LogP) is 3.52. The Balaban J connectivity index is 1.96. The lowest BCUT2D eigenvalue weighted by atomic mass is 10.1. The zero-order chi connectivity index (χ0) is 14.9. The molecule has 1 aliphatic heterocycles. The second-order valence-electron chi connectivity index (χ2n) is 5.50. The van der Waals surface area contributed by atoms with E-state index in [4.69, 9.17) is 0 Å². The van der Waals surface area contributed by atoms with Crippen molar-refractivity contribution < 1.29 is 8.42 Å². The number of rotatable bonds is 3. The van der Waals surface area contributed by atoms with E-state index >= 15 is 0 Å². The van der Waals surface area contributed by atoms with Crippen LogP contribution < -0.4 is 0 Å². The summed E-state index contributed by atoms with van der Waals surface area (Å²) in [5.74, 6) is 0. The van der Waals surface area contributed by atoms with Gasteiger partial charge in [0.15, 0.2) is 0 Å². The van der Waals surface area contributed by atoms with E-state index in [2.05, 4.69) is 0 Å². The number of benzene rings is 2. The van der Waals surface area contributed by atoms with Gasteiger partial charge in [-0.3, -0.25) is 0 Å². The van der Waals surface area contributed by atoms with Crippen LogP contribution in [0.2, 0.25) is 0 Å². The fourth-order valence-corrected chi connectivity index (χ4v) is 4.56. The molecule has 21 heavy (non-hydrogen) atoms. The van der Waals surface area contributed by atoms with Gasteiger partial charge < -0.3 is 0 Å². The van der Waals surface area contributed by atoms with Crippen LogP contribution in [0, 0.1) is 6.92 Å². The maximum Gasteiger partial charge on any atom is 0.243 e. The normalized spacial score (nSPS) is 19.8. The Hall–Kier alpha value is -1.65. The first-order valence-electron chi connectivity index (χ1n) is 7.22. The van der Waals surface area contributed by atoms with Gasteiger partial charge in [-0.15, -0.1) is 0 Å². The number of hydrogen-bond acceptors (Lipinski definition) is 2. The van der Waals surface area contributed by atoms with E-state index < -0.39 is 10.0 Å². The van der Waals surface area contributed by atoms with Gasteiger partial charge in [-0.25, -0.2) is 8.42 Å². The van der Waals surface area contributed by atoms with Crippen molar-refractivity contribution in [1.29, 1.82) is 0 Å². The van der Waals surface area contributed by atoms with E-state index in [1.165, 1.54) is 0 Å². The van der Waals surface area contributed by atoms with Gasteiger partial charge in [-0.2, -0.15) is 4.31 Å². The Labute approximate surface area is 126 Å². The van der Waals surface area contributed by atoms with Crippen LogP contribution in [0.1, 0.15) is 30.0 Å². The van der Waals surface area contributed by atoms with Gasteiger partial charge in [-0.05, 0) is 37.5 Å². The summed E-state index contributed by atoms with van der Waals surface area (Å²) >= 11 is 0. The maximum absolute atomic E-state index is 12.9. The molecular formula is C17H19NO2S. The summed E-state index contributed by atoms with van der Waals surface area (Å²) in [6.07, 6.45) is 1.79. The molecule has 3 nitrogen and oxygen atoms in total. The average Bonchev–Trinajstić information content (AvgIpc) is 2.99. The second-order valence-corrected chi connectivity index (χ2v) is 7.39. The molecule has 1 atom stereocenters. The van der Waals surface area contributed by atoms with Crippen LogP contribution in [-0.4, -0.2) is 19.3 Å². The van der Waals surface area contributed by atoms with E-state index in [0.717, 1.165) is 24.0 Å². The van der Waals surface area contributed by atoms with Crippen LogP contribution in [0.3, 0.4) is 0 Å². The highest BCUT2D eigenvalue weighted by Gasteiger charge is 2.35. The first kappa shape index (κ1) is 14.3. The summed E-state index contributed by atoms with van der Waals surface area (Å²) in [6.45, 7) is 2.55. The Bertz CT molecular complexity index is 708. The molecule has 0 saturated carbocycles. The van der Waals surface area contributed by atoms with Gasteiger partial charge in [-0.1, -0.05) is 48.0 Å². The van der Waals surface area contributed by atoms with Crippen LogP contribution in [0.5, 0.6) is 0 Å². The topological polar surface area (TPSA) is 37.4 Å². The average molecular weight is 301 g/mol. The van der Waals surface area contributed by atoms with Gasteiger partial charge in [0.25, 0.3) is 0 Å². The molecule has 1 heterocycles. The SMILES string of the molecule is Cc1ccc(S(=O)(=O)N2CCCC2c2ccccc2)cc1. The van der Waals surface area contributed by atoms with E-state index in [1.54, 1.807) is 16.4 Å². The smallest absolute Gasteiger partial charge is 0.207 e. The fraction of sp³-hybridized carbons (Fsp3) is 0.294. The molecule has 1 saturated heterocycles. The van der Waals surface area contributed by atoms with Crippen LogP contribution >= 0.6 is 0 Å². The van der Waals surface area contributed by atoms with Gasteiger partial charge in [0.2, 0.25) is 10.0 Å². The third-order valence-corrected chi connectivity index (χ3v) is 5.94. The molecule has 1 aliphatic rings.